The number of aromatic nitrogens is 3. The Morgan fingerprint density at radius 2 is 1.87 bits per heavy atom. The third-order valence-corrected chi connectivity index (χ3v) is 7.88. The van der Waals surface area contributed by atoms with Crippen LogP contribution >= 0.6 is 11.6 Å². The summed E-state index contributed by atoms with van der Waals surface area (Å²) in [5.74, 6) is -2.32. The Balaban J connectivity index is 0.000000617. The van der Waals surface area contributed by atoms with Crippen LogP contribution in [0, 0.1) is 13.8 Å². The van der Waals surface area contributed by atoms with Crippen molar-refractivity contribution in [3.05, 3.63) is 74.7 Å². The largest absolute Gasteiger partial charge is 0.542 e. The third kappa shape index (κ3) is 8.46. The lowest BCUT2D eigenvalue weighted by atomic mass is 9.98. The molecule has 0 saturated carbocycles. The molecule has 1 amide bonds. The lowest BCUT2D eigenvalue weighted by Crippen LogP contribution is -2.91. The fourth-order valence-corrected chi connectivity index (χ4v) is 5.71. The molecule has 14 heteroatoms. The third-order valence-electron chi connectivity index (χ3n) is 7.56. The van der Waals surface area contributed by atoms with Crippen LogP contribution in [0.3, 0.4) is 0 Å². The zero-order valence-electron chi connectivity index (χ0n) is 25.6. The van der Waals surface area contributed by atoms with Gasteiger partial charge in [0.2, 0.25) is 0 Å². The van der Waals surface area contributed by atoms with Gasteiger partial charge in [0, 0.05) is 24.4 Å². The highest BCUT2D eigenvalue weighted by molar-refractivity contribution is 6.35. The summed E-state index contributed by atoms with van der Waals surface area (Å²) in [6.07, 6.45) is 0.965. The molecule has 1 aliphatic heterocycles. The molecule has 0 aliphatic carbocycles. The van der Waals surface area contributed by atoms with Gasteiger partial charge in [-0.25, -0.2) is 4.68 Å². The molecule has 1 aliphatic rings. The summed E-state index contributed by atoms with van der Waals surface area (Å²) in [6, 6.07) is 11.6. The number of hydrogen-bond acceptors (Lipinski definition) is 6. The van der Waals surface area contributed by atoms with Crippen molar-refractivity contribution in [2.24, 2.45) is 0 Å². The number of benzene rings is 2. The molecule has 2 aromatic heterocycles. The first kappa shape index (κ1) is 34.5. The molecule has 0 bridgehead atoms. The van der Waals surface area contributed by atoms with E-state index in [2.05, 4.69) is 26.8 Å². The molecule has 3 heterocycles. The first-order valence-electron chi connectivity index (χ1n) is 14.8. The number of carbonyl (C=O) groups is 2. The Kier molecular flexibility index (Phi) is 11.1. The van der Waals surface area contributed by atoms with E-state index in [1.807, 2.05) is 32.9 Å². The highest BCUT2D eigenvalue weighted by Crippen LogP contribution is 2.37. The Morgan fingerprint density at radius 3 is 2.48 bits per heavy atom. The van der Waals surface area contributed by atoms with Crippen LogP contribution in [0.1, 0.15) is 54.1 Å². The Labute approximate surface area is 267 Å². The zero-order chi connectivity index (χ0) is 33.6. The van der Waals surface area contributed by atoms with Gasteiger partial charge in [-0.05, 0) is 57.7 Å². The van der Waals surface area contributed by atoms with E-state index in [4.69, 9.17) is 26.2 Å². The molecule has 1 unspecified atom stereocenters. The number of anilines is 1. The molecule has 1 saturated heterocycles. The van der Waals surface area contributed by atoms with E-state index in [0.717, 1.165) is 36.1 Å². The number of nitrogens with one attached hydrogen (secondary N) is 2. The lowest BCUT2D eigenvalue weighted by Gasteiger charge is -2.21. The number of H-pyrrole nitrogens is 1. The molecule has 10 nitrogen and oxygen atoms in total. The van der Waals surface area contributed by atoms with Crippen LogP contribution < -0.4 is 26.0 Å². The summed E-state index contributed by atoms with van der Waals surface area (Å²) >= 11 is 6.57. The average Bonchev–Trinajstić information content (AvgIpc) is 3.43. The quantitative estimate of drug-likeness (QED) is 0.259. The Morgan fingerprint density at radius 1 is 1.17 bits per heavy atom. The number of carboxylic acid groups (broad SMARTS) is 1. The summed E-state index contributed by atoms with van der Waals surface area (Å²) in [4.78, 5) is 38.6. The van der Waals surface area contributed by atoms with E-state index in [1.54, 1.807) is 29.1 Å². The van der Waals surface area contributed by atoms with E-state index in [-0.39, 0.29) is 22.1 Å². The molecule has 1 atom stereocenters. The molecular formula is C32H35ClF3N5O5. The van der Waals surface area contributed by atoms with Crippen molar-refractivity contribution >= 4 is 40.2 Å². The zero-order valence-corrected chi connectivity index (χ0v) is 26.3. The number of ether oxygens (including phenoxy) is 1. The SMILES string of the molecule is CCn1nccc1NC(=O)c1cc2c(OCCC3CCCC[NH2+]3)c(-c3cc(C)cc(C)c3)c(=O)[nH]c2cc1Cl.O=C([O-])C(F)(F)F. The summed E-state index contributed by atoms with van der Waals surface area (Å²) in [5, 5.41) is 19.2. The average molecular weight is 662 g/mol. The highest BCUT2D eigenvalue weighted by Gasteiger charge is 2.29. The number of carbonyl (C=O) groups excluding carboxylic acids is 2. The normalized spacial score (nSPS) is 14.8. The molecule has 1 fully saturated rings. The smallest absolute Gasteiger partial charge is 0.430 e. The van der Waals surface area contributed by atoms with Crippen molar-refractivity contribution in [1.82, 2.24) is 14.8 Å². The molecule has 46 heavy (non-hydrogen) atoms. The summed E-state index contributed by atoms with van der Waals surface area (Å²) in [5.41, 5.74) is 3.89. The summed E-state index contributed by atoms with van der Waals surface area (Å²) in [7, 11) is 0. The van der Waals surface area contributed by atoms with Crippen LogP contribution in [-0.2, 0) is 11.3 Å². The van der Waals surface area contributed by atoms with E-state index >= 15 is 0 Å². The van der Waals surface area contributed by atoms with Gasteiger partial charge in [0.1, 0.15) is 17.5 Å². The Hall–Kier alpha value is -4.36. The van der Waals surface area contributed by atoms with Crippen molar-refractivity contribution < 1.29 is 37.9 Å². The maximum Gasteiger partial charge on any atom is 0.430 e. The molecule has 0 spiro atoms. The van der Waals surface area contributed by atoms with Gasteiger partial charge in [0.25, 0.3) is 11.5 Å². The molecule has 246 valence electrons. The number of aryl methyl sites for hydroxylation is 3. The number of hydrogen-bond donors (Lipinski definition) is 3. The van der Waals surface area contributed by atoms with Crippen LogP contribution in [0.4, 0.5) is 19.0 Å². The van der Waals surface area contributed by atoms with Gasteiger partial charge in [0.15, 0.2) is 0 Å². The number of nitrogens with two attached hydrogens (primary N) is 1. The maximum atomic E-state index is 13.5. The number of nitrogens with zero attached hydrogens (tertiary/aromatic N) is 2. The summed E-state index contributed by atoms with van der Waals surface area (Å²) < 4.78 is 39.7. The monoisotopic (exact) mass is 661 g/mol. The number of aromatic amines is 1. The number of rotatable bonds is 8. The van der Waals surface area contributed by atoms with Gasteiger partial charge in [-0.15, -0.1) is 0 Å². The number of piperidine rings is 1. The molecule has 5 rings (SSSR count). The van der Waals surface area contributed by atoms with E-state index < -0.39 is 12.1 Å². The van der Waals surface area contributed by atoms with Gasteiger partial charge >= 0.3 is 6.18 Å². The van der Waals surface area contributed by atoms with Crippen LogP contribution in [0.15, 0.2) is 47.4 Å². The number of fused-ring (bicyclic) bond motifs is 1. The van der Waals surface area contributed by atoms with E-state index in [1.165, 1.54) is 12.8 Å². The maximum absolute atomic E-state index is 13.5. The second kappa shape index (κ2) is 14.8. The predicted molar refractivity (Wildman–Crippen MR) is 166 cm³/mol. The lowest BCUT2D eigenvalue weighted by molar-refractivity contribution is -0.698. The van der Waals surface area contributed by atoms with Gasteiger partial charge in [-0.2, -0.15) is 18.3 Å². The second-order valence-corrected chi connectivity index (χ2v) is 11.5. The highest BCUT2D eigenvalue weighted by atomic mass is 35.5. The van der Waals surface area contributed by atoms with Gasteiger partial charge in [0.05, 0.1) is 47.1 Å². The van der Waals surface area contributed by atoms with Gasteiger partial charge in [-0.3, -0.25) is 9.59 Å². The van der Waals surface area contributed by atoms with Crippen molar-refractivity contribution in [2.75, 3.05) is 18.5 Å². The molecule has 0 radical (unpaired) electrons. The number of aliphatic carboxylic acids is 1. The standard InChI is InChI=1S/C30H34ClN5O3.C2HF3O2/c1-4-36-26(8-11-33-36)35-29(37)22-16-23-25(17-24(22)31)34-30(38)27(20-14-18(2)13-19(3)15-20)28(23)39-12-9-21-7-5-6-10-32-21;3-2(4,5)1(6)7/h8,11,13-17,21,32H,4-7,9-10,12H2,1-3H3,(H,34,38)(H,35,37);(H,6,7). The van der Waals surface area contributed by atoms with Crippen molar-refractivity contribution in [3.8, 4) is 16.9 Å². The van der Waals surface area contributed by atoms with Crippen LogP contribution in [-0.4, -0.2) is 52.0 Å². The second-order valence-electron chi connectivity index (χ2n) is 11.1. The van der Waals surface area contributed by atoms with Crippen molar-refractivity contribution in [2.45, 2.75) is 65.2 Å². The number of halogens is 4. The molecule has 2 aromatic carbocycles. The Bertz CT molecular complexity index is 1760. The minimum Gasteiger partial charge on any atom is -0.542 e. The molecular weight excluding hydrogens is 627 g/mol. The fourth-order valence-electron chi connectivity index (χ4n) is 5.46. The van der Waals surface area contributed by atoms with E-state index in [9.17, 15) is 22.8 Å². The predicted octanol–water partition coefficient (Wildman–Crippen LogP) is 4.12. The van der Waals surface area contributed by atoms with Gasteiger partial charge < -0.3 is 30.3 Å². The molecule has 4 N–H and O–H groups in total. The van der Waals surface area contributed by atoms with Gasteiger partial charge in [-0.1, -0.05) is 40.9 Å². The first-order valence-corrected chi connectivity index (χ1v) is 15.2. The topological polar surface area (TPSA) is 146 Å². The number of quaternary nitrogens is 1. The number of carboxylic acids is 1. The minimum absolute atomic E-state index is 0.236. The number of amides is 1. The number of alkyl halides is 3. The fraction of sp³-hybridized carbons (Fsp3) is 0.375. The molecule has 4 aromatic rings. The van der Waals surface area contributed by atoms with Crippen LogP contribution in [0.25, 0.3) is 22.0 Å². The number of pyridine rings is 1. The van der Waals surface area contributed by atoms with Crippen molar-refractivity contribution in [1.29, 1.82) is 0 Å². The van der Waals surface area contributed by atoms with Crippen LogP contribution in [0.2, 0.25) is 5.02 Å². The summed E-state index contributed by atoms with van der Waals surface area (Å²) in [6.45, 7) is 8.19. The van der Waals surface area contributed by atoms with Crippen molar-refractivity contribution in [3.63, 3.8) is 0 Å². The minimum atomic E-state index is -5.19. The van der Waals surface area contributed by atoms with Crippen LogP contribution in [0.5, 0.6) is 5.75 Å². The first-order chi connectivity index (χ1) is 21.8. The van der Waals surface area contributed by atoms with E-state index in [0.29, 0.717) is 47.2 Å².